The molecule has 4 heteroatoms. The van der Waals surface area contributed by atoms with E-state index in [0.717, 1.165) is 38.8 Å². The Morgan fingerprint density at radius 2 is 1.61 bits per heavy atom. The Morgan fingerprint density at radius 3 is 2.25 bits per heavy atom. The lowest BCUT2D eigenvalue weighted by Crippen LogP contribution is -3.17. The van der Waals surface area contributed by atoms with E-state index in [1.807, 2.05) is 24.3 Å². The highest BCUT2D eigenvalue weighted by molar-refractivity contribution is 6.21. The maximum Gasteiger partial charge on any atom is 0.292 e. The summed E-state index contributed by atoms with van der Waals surface area (Å²) in [5.74, 6) is 0.597. The average Bonchev–Trinajstić information content (AvgIpc) is 3.03. The molecule has 0 saturated carbocycles. The maximum absolute atomic E-state index is 13.0. The van der Waals surface area contributed by atoms with Crippen LogP contribution in [0.5, 0.6) is 0 Å². The number of aryl methyl sites for hydroxylation is 1. The molecule has 0 bridgehead atoms. The molecule has 0 unspecified atom stereocenters. The van der Waals surface area contributed by atoms with Gasteiger partial charge in [-0.2, -0.15) is 0 Å². The van der Waals surface area contributed by atoms with Crippen molar-refractivity contribution in [2.75, 3.05) is 18.0 Å². The first-order chi connectivity index (χ1) is 13.7. The van der Waals surface area contributed by atoms with Crippen LogP contribution in [0.25, 0.3) is 0 Å². The summed E-state index contributed by atoms with van der Waals surface area (Å²) in [5.41, 5.74) is 3.32. The molecule has 0 spiro atoms. The van der Waals surface area contributed by atoms with E-state index >= 15 is 0 Å². The number of benzene rings is 2. The number of likely N-dealkylation sites (tertiary alicyclic amines) is 1. The molecule has 2 fully saturated rings. The van der Waals surface area contributed by atoms with Gasteiger partial charge in [0.2, 0.25) is 5.91 Å². The van der Waals surface area contributed by atoms with Crippen LogP contribution >= 0.6 is 0 Å². The van der Waals surface area contributed by atoms with Crippen LogP contribution in [0, 0.1) is 5.92 Å². The molecular formula is C24H29N2O2+. The molecule has 2 amide bonds. The molecule has 2 saturated heterocycles. The predicted octanol–water partition coefficient (Wildman–Crippen LogP) is 2.42. The number of anilines is 1. The standard InChI is InChI=1S/C24H28N2O2/c1-2-18-8-10-21(11-9-18)26-23(27)17-22(24(26)28)25-14-12-20(13-15-25)16-19-6-4-3-5-7-19/h3-11,20,22H,2,12-17H2,1H3/p+1/t22-/m1/s1. The van der Waals surface area contributed by atoms with Gasteiger partial charge in [0.25, 0.3) is 5.91 Å². The summed E-state index contributed by atoms with van der Waals surface area (Å²) in [7, 11) is 0. The molecule has 146 valence electrons. The quantitative estimate of drug-likeness (QED) is 0.813. The number of hydrogen-bond acceptors (Lipinski definition) is 2. The maximum atomic E-state index is 13.0. The Labute approximate surface area is 167 Å². The van der Waals surface area contributed by atoms with Crippen LogP contribution in [0.1, 0.15) is 37.3 Å². The molecule has 2 heterocycles. The molecule has 1 N–H and O–H groups in total. The van der Waals surface area contributed by atoms with Crippen LogP contribution in [0.4, 0.5) is 5.69 Å². The average molecular weight is 378 g/mol. The normalized spacial score (nSPS) is 25.3. The highest BCUT2D eigenvalue weighted by atomic mass is 16.2. The number of nitrogens with zero attached hydrogens (tertiary/aromatic N) is 1. The Bertz CT molecular complexity index is 823. The van der Waals surface area contributed by atoms with Crippen molar-refractivity contribution >= 4 is 17.5 Å². The van der Waals surface area contributed by atoms with Gasteiger partial charge in [0.15, 0.2) is 6.04 Å². The van der Waals surface area contributed by atoms with Gasteiger partial charge in [-0.1, -0.05) is 49.4 Å². The fraction of sp³-hybridized carbons (Fsp3) is 0.417. The first-order valence-electron chi connectivity index (χ1n) is 10.5. The Kier molecular flexibility index (Phi) is 5.58. The van der Waals surface area contributed by atoms with Gasteiger partial charge in [0, 0.05) is 0 Å². The molecule has 4 nitrogen and oxygen atoms in total. The van der Waals surface area contributed by atoms with Crippen LogP contribution in [0.15, 0.2) is 54.6 Å². The topological polar surface area (TPSA) is 41.8 Å². The van der Waals surface area contributed by atoms with Crippen molar-refractivity contribution in [1.29, 1.82) is 0 Å². The SMILES string of the molecule is CCc1ccc(N2C(=O)C[C@@H]([NH+]3CCC(Cc4ccccc4)CC3)C2=O)cc1. The van der Waals surface area contributed by atoms with Gasteiger partial charge >= 0.3 is 0 Å². The lowest BCUT2D eigenvalue weighted by atomic mass is 9.89. The molecule has 0 radical (unpaired) electrons. The third-order valence-corrected chi connectivity index (χ3v) is 6.36. The minimum absolute atomic E-state index is 0.0224. The molecule has 28 heavy (non-hydrogen) atoms. The van der Waals surface area contributed by atoms with Crippen LogP contribution in [-0.4, -0.2) is 30.9 Å². The molecule has 2 aromatic carbocycles. The molecular weight excluding hydrogens is 348 g/mol. The van der Waals surface area contributed by atoms with Crippen LogP contribution < -0.4 is 9.80 Å². The minimum Gasteiger partial charge on any atom is -0.324 e. The zero-order chi connectivity index (χ0) is 19.5. The van der Waals surface area contributed by atoms with E-state index in [0.29, 0.717) is 18.0 Å². The van der Waals surface area contributed by atoms with Crippen LogP contribution in [0.3, 0.4) is 0 Å². The minimum atomic E-state index is -0.212. The number of amides is 2. The first kappa shape index (κ1) is 18.9. The lowest BCUT2D eigenvalue weighted by Gasteiger charge is -2.32. The fourth-order valence-electron chi connectivity index (χ4n) is 4.65. The summed E-state index contributed by atoms with van der Waals surface area (Å²) in [6.07, 6.45) is 4.64. The number of imide groups is 1. The largest absolute Gasteiger partial charge is 0.324 e. The summed E-state index contributed by atoms with van der Waals surface area (Å²) in [6.45, 7) is 4.05. The highest BCUT2D eigenvalue weighted by Gasteiger charge is 2.46. The fourth-order valence-corrected chi connectivity index (χ4v) is 4.65. The zero-order valence-corrected chi connectivity index (χ0v) is 16.6. The van der Waals surface area contributed by atoms with E-state index < -0.39 is 0 Å². The second-order valence-electron chi connectivity index (χ2n) is 8.14. The number of piperidine rings is 1. The second kappa shape index (κ2) is 8.27. The summed E-state index contributed by atoms with van der Waals surface area (Å²) < 4.78 is 0. The van der Waals surface area contributed by atoms with Gasteiger partial charge in [0.1, 0.15) is 0 Å². The van der Waals surface area contributed by atoms with E-state index in [1.165, 1.54) is 20.9 Å². The second-order valence-corrected chi connectivity index (χ2v) is 8.14. The zero-order valence-electron chi connectivity index (χ0n) is 16.6. The number of nitrogens with one attached hydrogen (secondary N) is 1. The van der Waals surface area contributed by atoms with Gasteiger partial charge in [0.05, 0.1) is 25.2 Å². The predicted molar refractivity (Wildman–Crippen MR) is 110 cm³/mol. The Morgan fingerprint density at radius 1 is 0.929 bits per heavy atom. The van der Waals surface area contributed by atoms with Gasteiger partial charge in [-0.3, -0.25) is 9.59 Å². The summed E-state index contributed by atoms with van der Waals surface area (Å²) in [5, 5.41) is 0. The number of hydrogen-bond donors (Lipinski definition) is 1. The van der Waals surface area contributed by atoms with Crippen molar-refractivity contribution < 1.29 is 14.5 Å². The van der Waals surface area contributed by atoms with Crippen molar-refractivity contribution in [3.8, 4) is 0 Å². The molecule has 2 aliphatic heterocycles. The van der Waals surface area contributed by atoms with Gasteiger partial charge < -0.3 is 4.90 Å². The van der Waals surface area contributed by atoms with E-state index in [-0.39, 0.29) is 17.9 Å². The number of carbonyl (C=O) groups excluding carboxylic acids is 2. The number of carbonyl (C=O) groups is 2. The van der Waals surface area contributed by atoms with Crippen molar-refractivity contribution in [3.63, 3.8) is 0 Å². The van der Waals surface area contributed by atoms with Crippen LogP contribution in [-0.2, 0) is 22.4 Å². The number of quaternary nitrogens is 1. The van der Waals surface area contributed by atoms with Crippen molar-refractivity contribution in [2.24, 2.45) is 5.92 Å². The highest BCUT2D eigenvalue weighted by Crippen LogP contribution is 2.24. The molecule has 0 aromatic heterocycles. The van der Waals surface area contributed by atoms with Crippen molar-refractivity contribution in [1.82, 2.24) is 0 Å². The van der Waals surface area contributed by atoms with Gasteiger partial charge in [-0.05, 0) is 54.9 Å². The molecule has 0 aliphatic carbocycles. The molecule has 2 aliphatic rings. The number of rotatable bonds is 5. The first-order valence-corrected chi connectivity index (χ1v) is 10.5. The Balaban J connectivity index is 1.37. The van der Waals surface area contributed by atoms with E-state index in [1.54, 1.807) is 0 Å². The van der Waals surface area contributed by atoms with Gasteiger partial charge in [-0.15, -0.1) is 0 Å². The third-order valence-electron chi connectivity index (χ3n) is 6.36. The molecule has 2 aromatic rings. The van der Waals surface area contributed by atoms with Crippen LogP contribution in [0.2, 0.25) is 0 Å². The molecule has 4 rings (SSSR count). The summed E-state index contributed by atoms with van der Waals surface area (Å²) >= 11 is 0. The van der Waals surface area contributed by atoms with Crippen molar-refractivity contribution in [2.45, 2.75) is 45.1 Å². The lowest BCUT2D eigenvalue weighted by molar-refractivity contribution is -0.920. The van der Waals surface area contributed by atoms with E-state index in [9.17, 15) is 9.59 Å². The van der Waals surface area contributed by atoms with E-state index in [4.69, 9.17) is 0 Å². The monoisotopic (exact) mass is 377 g/mol. The Hall–Kier alpha value is -2.46. The molecule has 1 atom stereocenters. The smallest absolute Gasteiger partial charge is 0.292 e. The van der Waals surface area contributed by atoms with Gasteiger partial charge in [-0.25, -0.2) is 4.90 Å². The summed E-state index contributed by atoms with van der Waals surface area (Å²) in [4.78, 5) is 28.3. The van der Waals surface area contributed by atoms with Crippen molar-refractivity contribution in [3.05, 3.63) is 65.7 Å². The summed E-state index contributed by atoms with van der Waals surface area (Å²) in [6, 6.07) is 18.2. The third kappa shape index (κ3) is 3.88. The van der Waals surface area contributed by atoms with E-state index in [2.05, 4.69) is 37.3 Å².